The van der Waals surface area contributed by atoms with Crippen LogP contribution >= 0.6 is 0 Å². The molecule has 0 radical (unpaired) electrons. The molecule has 1 heterocycles. The van der Waals surface area contributed by atoms with Crippen LogP contribution in [0.4, 0.5) is 17.2 Å². The van der Waals surface area contributed by atoms with Crippen LogP contribution in [0.2, 0.25) is 0 Å². The van der Waals surface area contributed by atoms with E-state index >= 15 is 0 Å². The Morgan fingerprint density at radius 3 is 2.80 bits per heavy atom. The van der Waals surface area contributed by atoms with E-state index in [4.69, 9.17) is 16.2 Å². The molecular formula is C18H20BN5O. The van der Waals surface area contributed by atoms with Gasteiger partial charge in [-0.25, -0.2) is 0 Å². The van der Waals surface area contributed by atoms with Crippen molar-refractivity contribution >= 4 is 41.2 Å². The molecule has 0 fully saturated rings. The Morgan fingerprint density at radius 2 is 1.96 bits per heavy atom. The Morgan fingerprint density at radius 1 is 1.12 bits per heavy atom. The summed E-state index contributed by atoms with van der Waals surface area (Å²) in [6.07, 6.45) is 3.07. The third kappa shape index (κ3) is 4.26. The second-order valence-electron chi connectivity index (χ2n) is 5.71. The van der Waals surface area contributed by atoms with Crippen molar-refractivity contribution in [3.8, 4) is 5.75 Å². The first-order chi connectivity index (χ1) is 12.1. The van der Waals surface area contributed by atoms with Gasteiger partial charge in [-0.2, -0.15) is 0 Å². The van der Waals surface area contributed by atoms with Crippen molar-refractivity contribution in [1.82, 2.24) is 9.97 Å². The van der Waals surface area contributed by atoms with Gasteiger partial charge in [-0.15, -0.1) is 0 Å². The summed E-state index contributed by atoms with van der Waals surface area (Å²) in [5.74, 6) is 1.20. The normalized spacial score (nSPS) is 10.5. The molecule has 126 valence electrons. The number of nitrogens with two attached hydrogens (primary N) is 2. The van der Waals surface area contributed by atoms with E-state index in [1.165, 1.54) is 6.33 Å². The van der Waals surface area contributed by atoms with Gasteiger partial charge in [0, 0.05) is 0 Å². The van der Waals surface area contributed by atoms with Crippen LogP contribution in [0.3, 0.4) is 0 Å². The van der Waals surface area contributed by atoms with Gasteiger partial charge in [-0.1, -0.05) is 0 Å². The fourth-order valence-electron chi connectivity index (χ4n) is 2.48. The number of nitrogen functional groups attached to an aromatic ring is 2. The zero-order chi connectivity index (χ0) is 17.6. The van der Waals surface area contributed by atoms with E-state index in [9.17, 15) is 0 Å². The fourth-order valence-corrected chi connectivity index (χ4v) is 2.48. The van der Waals surface area contributed by atoms with E-state index in [-0.39, 0.29) is 0 Å². The number of benzene rings is 2. The van der Waals surface area contributed by atoms with Crippen molar-refractivity contribution in [2.45, 2.75) is 12.8 Å². The zero-order valence-corrected chi connectivity index (χ0v) is 13.9. The van der Waals surface area contributed by atoms with Crippen molar-refractivity contribution in [2.24, 2.45) is 0 Å². The SMILES string of the molecule is B=C(CCCOc1ccc2ncnc(N)c2c1)Nc1ccccc1N. The molecule has 0 aliphatic rings. The van der Waals surface area contributed by atoms with Crippen LogP contribution < -0.4 is 21.5 Å². The zero-order valence-electron chi connectivity index (χ0n) is 13.9. The van der Waals surface area contributed by atoms with E-state index in [1.807, 2.05) is 42.5 Å². The first-order valence-corrected chi connectivity index (χ1v) is 8.06. The molecule has 7 heteroatoms. The molecule has 1 aromatic heterocycles. The van der Waals surface area contributed by atoms with E-state index in [1.54, 1.807) is 0 Å². The second-order valence-corrected chi connectivity index (χ2v) is 5.71. The average Bonchev–Trinajstić information content (AvgIpc) is 2.61. The number of fused-ring (bicyclic) bond motifs is 1. The van der Waals surface area contributed by atoms with Crippen LogP contribution in [-0.2, 0) is 0 Å². The van der Waals surface area contributed by atoms with Gasteiger partial charge in [-0.3, -0.25) is 0 Å². The number of nitrogens with one attached hydrogen (secondary N) is 1. The molecule has 3 rings (SSSR count). The number of anilines is 3. The van der Waals surface area contributed by atoms with Crippen molar-refractivity contribution in [2.75, 3.05) is 23.4 Å². The van der Waals surface area contributed by atoms with Crippen LogP contribution in [0, 0.1) is 0 Å². The summed E-state index contributed by atoms with van der Waals surface area (Å²) in [5, 5.41) is 4.03. The summed E-state index contributed by atoms with van der Waals surface area (Å²) in [7, 11) is 4.03. The van der Waals surface area contributed by atoms with Gasteiger partial charge in [0.2, 0.25) is 0 Å². The number of hydrogen-bond donors (Lipinski definition) is 3. The Bertz CT molecular complexity index is 900. The summed E-state index contributed by atoms with van der Waals surface area (Å²) in [4.78, 5) is 8.17. The molecule has 2 aromatic carbocycles. The quantitative estimate of drug-likeness (QED) is 0.348. The van der Waals surface area contributed by atoms with E-state index < -0.39 is 0 Å². The molecule has 0 spiro atoms. The van der Waals surface area contributed by atoms with Crippen LogP contribution in [0.5, 0.6) is 5.75 Å². The first kappa shape index (κ1) is 16.8. The number of hydrogen-bond acceptors (Lipinski definition) is 6. The van der Waals surface area contributed by atoms with Gasteiger partial charge in [0.05, 0.1) is 0 Å². The van der Waals surface area contributed by atoms with Gasteiger partial charge >= 0.3 is 147 Å². The van der Waals surface area contributed by atoms with Crippen LogP contribution in [-0.4, -0.2) is 29.6 Å². The second kappa shape index (κ2) is 7.66. The van der Waals surface area contributed by atoms with Crippen molar-refractivity contribution < 1.29 is 4.74 Å². The summed E-state index contributed by atoms with van der Waals surface area (Å²) < 4.78 is 5.79. The van der Waals surface area contributed by atoms with Crippen LogP contribution in [0.25, 0.3) is 10.9 Å². The van der Waals surface area contributed by atoms with Gasteiger partial charge < -0.3 is 0 Å². The van der Waals surface area contributed by atoms with Crippen LogP contribution in [0.15, 0.2) is 48.8 Å². The molecule has 25 heavy (non-hydrogen) atoms. The molecule has 5 N–H and O–H groups in total. The third-order valence-corrected chi connectivity index (χ3v) is 3.80. The Hall–Kier alpha value is -3.09. The molecule has 0 bridgehead atoms. The molecule has 3 aromatic rings. The van der Waals surface area contributed by atoms with Crippen LogP contribution in [0.1, 0.15) is 12.8 Å². The minimum atomic E-state index is 0.452. The van der Waals surface area contributed by atoms with E-state index in [0.717, 1.165) is 40.8 Å². The molecule has 0 saturated heterocycles. The molecule has 0 unspecified atom stereocenters. The van der Waals surface area contributed by atoms with Crippen molar-refractivity contribution in [1.29, 1.82) is 0 Å². The topological polar surface area (TPSA) is 99.1 Å². The summed E-state index contributed by atoms with van der Waals surface area (Å²) >= 11 is 0. The number of ether oxygens (including phenoxy) is 1. The molecule has 6 nitrogen and oxygen atoms in total. The molecular weight excluding hydrogens is 313 g/mol. The number of nitrogens with zero attached hydrogens (tertiary/aromatic N) is 2. The van der Waals surface area contributed by atoms with Crippen molar-refractivity contribution in [3.05, 3.63) is 48.8 Å². The maximum absolute atomic E-state index is 5.91. The number of rotatable bonds is 7. The van der Waals surface area contributed by atoms with E-state index in [0.29, 0.717) is 18.1 Å². The van der Waals surface area contributed by atoms with Gasteiger partial charge in [0.25, 0.3) is 0 Å². The maximum atomic E-state index is 5.91. The third-order valence-electron chi connectivity index (χ3n) is 3.80. The Labute approximate surface area is 147 Å². The molecule has 0 atom stereocenters. The van der Waals surface area contributed by atoms with Gasteiger partial charge in [0.15, 0.2) is 0 Å². The first-order valence-electron chi connectivity index (χ1n) is 8.06. The van der Waals surface area contributed by atoms with Gasteiger partial charge in [-0.05, 0) is 0 Å². The monoisotopic (exact) mass is 333 g/mol. The average molecular weight is 333 g/mol. The predicted octanol–water partition coefficient (Wildman–Crippen LogP) is 2.10. The standard InChI is InChI=1S/C18H20BN5O/c19-17(24-16-5-2-1-4-14(16)20)6-3-9-25-12-7-8-15-13(10-12)18(21)23-11-22-15/h1-2,4-5,7-8,10-11,19,24H,3,6,9,20H2,(H2,21,22,23). The van der Waals surface area contributed by atoms with Crippen molar-refractivity contribution in [3.63, 3.8) is 0 Å². The predicted molar refractivity (Wildman–Crippen MR) is 105 cm³/mol. The molecule has 0 saturated carbocycles. The number of aromatic nitrogens is 2. The Balaban J connectivity index is 1.49. The Kier molecular flexibility index (Phi) is 5.13. The summed E-state index contributed by atoms with van der Waals surface area (Å²) in [5.41, 5.74) is 15.1. The molecule has 0 amide bonds. The molecule has 0 aliphatic carbocycles. The summed E-state index contributed by atoms with van der Waals surface area (Å²) in [6.45, 7) is 0.573. The fraction of sp³-hybridized carbons (Fsp3) is 0.167. The summed E-state index contributed by atoms with van der Waals surface area (Å²) in [6, 6.07) is 13.2. The van der Waals surface area contributed by atoms with Gasteiger partial charge in [0.1, 0.15) is 0 Å². The number of para-hydroxylation sites is 2. The minimum absolute atomic E-state index is 0.452. The van der Waals surface area contributed by atoms with E-state index in [2.05, 4.69) is 22.8 Å². The molecule has 0 aliphatic heterocycles.